The van der Waals surface area contributed by atoms with Crippen LogP contribution in [0.3, 0.4) is 0 Å². The number of benzene rings is 1. The normalized spacial score (nSPS) is 13.5. The molecule has 0 aromatic heterocycles. The van der Waals surface area contributed by atoms with E-state index in [0.717, 1.165) is 77.0 Å². The van der Waals surface area contributed by atoms with Gasteiger partial charge in [-0.25, -0.2) is 0 Å². The molecule has 204 valence electrons. The molecule has 6 nitrogen and oxygen atoms in total. The average molecular weight is 502 g/mol. The van der Waals surface area contributed by atoms with Gasteiger partial charge in [0, 0.05) is 34.8 Å². The van der Waals surface area contributed by atoms with E-state index in [0.29, 0.717) is 17.1 Å². The Morgan fingerprint density at radius 2 is 0.778 bits per heavy atom. The van der Waals surface area contributed by atoms with Crippen molar-refractivity contribution in [3.8, 4) is 0 Å². The predicted octanol–water partition coefficient (Wildman–Crippen LogP) is 8.15. The van der Waals surface area contributed by atoms with Gasteiger partial charge in [-0.3, -0.25) is 14.4 Å². The molecule has 6 heteroatoms. The lowest BCUT2D eigenvalue weighted by atomic mass is 9.97. The van der Waals surface area contributed by atoms with E-state index < -0.39 is 0 Å². The Kier molecular flexibility index (Phi) is 15.8. The highest BCUT2D eigenvalue weighted by atomic mass is 16.2. The van der Waals surface area contributed by atoms with Crippen LogP contribution in [-0.2, 0) is 14.4 Å². The molecule has 3 unspecified atom stereocenters. The average Bonchev–Trinajstić information content (AvgIpc) is 2.85. The van der Waals surface area contributed by atoms with Crippen LogP contribution in [0.15, 0.2) is 18.2 Å². The highest BCUT2D eigenvalue weighted by Crippen LogP contribution is 2.27. The molecular formula is C30H51N3O3. The molecule has 1 aromatic rings. The molecule has 3 N–H and O–H groups in total. The van der Waals surface area contributed by atoms with Crippen molar-refractivity contribution in [2.24, 2.45) is 17.8 Å². The topological polar surface area (TPSA) is 87.3 Å². The summed E-state index contributed by atoms with van der Waals surface area (Å²) in [5.41, 5.74) is 1.77. The lowest BCUT2D eigenvalue weighted by Gasteiger charge is -2.19. The van der Waals surface area contributed by atoms with E-state index in [4.69, 9.17) is 0 Å². The first-order chi connectivity index (χ1) is 17.3. The summed E-state index contributed by atoms with van der Waals surface area (Å²) < 4.78 is 0. The molecular weight excluding hydrogens is 450 g/mol. The zero-order valence-corrected chi connectivity index (χ0v) is 23.7. The number of nitrogens with one attached hydrogen (secondary N) is 3. The Morgan fingerprint density at radius 1 is 0.528 bits per heavy atom. The Labute approximate surface area is 219 Å². The maximum atomic E-state index is 13.0. The number of amides is 3. The van der Waals surface area contributed by atoms with Gasteiger partial charge in [0.2, 0.25) is 17.7 Å². The summed E-state index contributed by atoms with van der Waals surface area (Å²) in [7, 11) is 0. The summed E-state index contributed by atoms with van der Waals surface area (Å²) in [5, 5.41) is 9.13. The molecule has 0 radical (unpaired) electrons. The van der Waals surface area contributed by atoms with Gasteiger partial charge in [0.05, 0.1) is 0 Å². The van der Waals surface area contributed by atoms with Crippen LogP contribution in [0, 0.1) is 17.8 Å². The van der Waals surface area contributed by atoms with E-state index >= 15 is 0 Å². The summed E-state index contributed by atoms with van der Waals surface area (Å²) in [6, 6.07) is 5.37. The Balaban J connectivity index is 3.18. The number of hydrogen-bond donors (Lipinski definition) is 3. The molecule has 0 heterocycles. The molecule has 0 aliphatic heterocycles. The molecule has 0 saturated heterocycles. The van der Waals surface area contributed by atoms with Crippen LogP contribution in [0.2, 0.25) is 0 Å². The van der Waals surface area contributed by atoms with Gasteiger partial charge in [0.15, 0.2) is 0 Å². The van der Waals surface area contributed by atoms with Gasteiger partial charge in [-0.1, -0.05) is 80.1 Å². The maximum absolute atomic E-state index is 13.0. The van der Waals surface area contributed by atoms with Gasteiger partial charge >= 0.3 is 0 Å². The fraction of sp³-hybridized carbons (Fsp3) is 0.700. The first-order valence-corrected chi connectivity index (χ1v) is 14.4. The standard InChI is InChI=1S/C30H51N3O3/c1-7-13-16-22(10-4)28(34)31-25-19-26(32-29(35)23(11-5)17-14-8-2)21-27(20-25)33-30(36)24(12-6)18-15-9-3/h19-24H,7-18H2,1-6H3,(H,31,34)(H,32,35)(H,33,36). The van der Waals surface area contributed by atoms with Gasteiger partial charge < -0.3 is 16.0 Å². The van der Waals surface area contributed by atoms with E-state index in [9.17, 15) is 14.4 Å². The Hall–Kier alpha value is -2.37. The highest BCUT2D eigenvalue weighted by Gasteiger charge is 2.20. The second kappa shape index (κ2) is 18.0. The van der Waals surface area contributed by atoms with Gasteiger partial charge in [-0.15, -0.1) is 0 Å². The highest BCUT2D eigenvalue weighted by molar-refractivity contribution is 5.99. The van der Waals surface area contributed by atoms with Crippen molar-refractivity contribution in [2.45, 2.75) is 119 Å². The van der Waals surface area contributed by atoms with E-state index in [1.165, 1.54) is 0 Å². The molecule has 0 aliphatic rings. The fourth-order valence-electron chi connectivity index (χ4n) is 4.49. The summed E-state index contributed by atoms with van der Waals surface area (Å²) in [4.78, 5) is 38.9. The zero-order valence-electron chi connectivity index (χ0n) is 23.7. The summed E-state index contributed by atoms with van der Waals surface area (Å²) in [6.45, 7) is 12.5. The van der Waals surface area contributed by atoms with Crippen molar-refractivity contribution in [3.63, 3.8) is 0 Å². The van der Waals surface area contributed by atoms with E-state index in [1.54, 1.807) is 18.2 Å². The van der Waals surface area contributed by atoms with Crippen LogP contribution in [0.4, 0.5) is 17.1 Å². The predicted molar refractivity (Wildman–Crippen MR) is 152 cm³/mol. The Morgan fingerprint density at radius 3 is 0.972 bits per heavy atom. The Bertz CT molecular complexity index is 692. The third kappa shape index (κ3) is 11.1. The molecule has 1 aromatic carbocycles. The SMILES string of the molecule is CCCCC(CC)C(=O)Nc1cc(NC(=O)C(CC)CCCC)cc(NC(=O)C(CC)CCCC)c1. The number of carbonyl (C=O) groups excluding carboxylic acids is 3. The van der Waals surface area contributed by atoms with Gasteiger partial charge in [-0.2, -0.15) is 0 Å². The van der Waals surface area contributed by atoms with Gasteiger partial charge in [-0.05, 0) is 56.7 Å². The second-order valence-electron chi connectivity index (χ2n) is 10.0. The van der Waals surface area contributed by atoms with E-state index in [1.807, 2.05) is 20.8 Å². The second-order valence-corrected chi connectivity index (χ2v) is 10.0. The van der Waals surface area contributed by atoms with Crippen LogP contribution in [0.1, 0.15) is 119 Å². The molecule has 36 heavy (non-hydrogen) atoms. The van der Waals surface area contributed by atoms with Crippen LogP contribution in [0.5, 0.6) is 0 Å². The molecule has 3 atom stereocenters. The molecule has 0 saturated carbocycles. The summed E-state index contributed by atoms with van der Waals surface area (Å²) in [6.07, 6.45) is 11.1. The summed E-state index contributed by atoms with van der Waals surface area (Å²) >= 11 is 0. The number of carbonyl (C=O) groups is 3. The van der Waals surface area contributed by atoms with Crippen LogP contribution < -0.4 is 16.0 Å². The van der Waals surface area contributed by atoms with Crippen LogP contribution >= 0.6 is 0 Å². The largest absolute Gasteiger partial charge is 0.326 e. The van der Waals surface area contributed by atoms with Crippen molar-refractivity contribution in [1.29, 1.82) is 0 Å². The minimum atomic E-state index is -0.0572. The molecule has 0 bridgehead atoms. The number of hydrogen-bond acceptors (Lipinski definition) is 3. The number of rotatable bonds is 18. The smallest absolute Gasteiger partial charge is 0.227 e. The zero-order chi connectivity index (χ0) is 26.9. The summed E-state index contributed by atoms with van der Waals surface area (Å²) in [5.74, 6) is -0.226. The van der Waals surface area contributed by atoms with E-state index in [2.05, 4.69) is 36.7 Å². The van der Waals surface area contributed by atoms with Crippen LogP contribution in [0.25, 0.3) is 0 Å². The van der Waals surface area contributed by atoms with E-state index in [-0.39, 0.29) is 35.5 Å². The van der Waals surface area contributed by atoms with Crippen molar-refractivity contribution in [1.82, 2.24) is 0 Å². The first kappa shape index (κ1) is 31.7. The third-order valence-electron chi connectivity index (χ3n) is 7.04. The first-order valence-electron chi connectivity index (χ1n) is 14.4. The van der Waals surface area contributed by atoms with Gasteiger partial charge in [0.1, 0.15) is 0 Å². The number of unbranched alkanes of at least 4 members (excludes halogenated alkanes) is 3. The third-order valence-corrected chi connectivity index (χ3v) is 7.04. The van der Waals surface area contributed by atoms with Crippen molar-refractivity contribution in [3.05, 3.63) is 18.2 Å². The van der Waals surface area contributed by atoms with Crippen molar-refractivity contribution < 1.29 is 14.4 Å². The maximum Gasteiger partial charge on any atom is 0.227 e. The number of anilines is 3. The lowest BCUT2D eigenvalue weighted by Crippen LogP contribution is -2.25. The molecule has 0 fully saturated rings. The van der Waals surface area contributed by atoms with Crippen molar-refractivity contribution >= 4 is 34.8 Å². The monoisotopic (exact) mass is 501 g/mol. The molecule has 0 aliphatic carbocycles. The van der Waals surface area contributed by atoms with Gasteiger partial charge in [0.25, 0.3) is 0 Å². The minimum Gasteiger partial charge on any atom is -0.326 e. The molecule has 1 rings (SSSR count). The molecule has 3 amide bonds. The van der Waals surface area contributed by atoms with Crippen LogP contribution in [-0.4, -0.2) is 17.7 Å². The fourth-order valence-corrected chi connectivity index (χ4v) is 4.49. The van der Waals surface area contributed by atoms with Crippen molar-refractivity contribution in [2.75, 3.05) is 16.0 Å². The quantitative estimate of drug-likeness (QED) is 0.190. The lowest BCUT2D eigenvalue weighted by molar-refractivity contribution is -0.120. The minimum absolute atomic E-state index is 0.0181. The molecule has 0 spiro atoms.